The van der Waals surface area contributed by atoms with Crippen LogP contribution in [0.3, 0.4) is 0 Å². The molecule has 1 saturated carbocycles. The summed E-state index contributed by atoms with van der Waals surface area (Å²) in [5.41, 5.74) is 1.71. The molecule has 1 aliphatic carbocycles. The van der Waals surface area contributed by atoms with Gasteiger partial charge < -0.3 is 9.32 Å². The van der Waals surface area contributed by atoms with Gasteiger partial charge in [0.1, 0.15) is 11.5 Å². The summed E-state index contributed by atoms with van der Waals surface area (Å²) < 4.78 is 5.57. The summed E-state index contributed by atoms with van der Waals surface area (Å²) in [6.45, 7) is 5.74. The Morgan fingerprint density at radius 1 is 1.21 bits per heavy atom. The van der Waals surface area contributed by atoms with Crippen molar-refractivity contribution < 1.29 is 9.21 Å². The molecular weight excluding hydrogens is 306 g/mol. The Kier molecular flexibility index (Phi) is 4.39. The maximum atomic E-state index is 12.7. The van der Waals surface area contributed by atoms with Crippen molar-refractivity contribution in [1.29, 1.82) is 0 Å². The lowest BCUT2D eigenvalue weighted by Gasteiger charge is -2.35. The van der Waals surface area contributed by atoms with Crippen molar-refractivity contribution in [2.45, 2.75) is 57.3 Å². The number of aryl methyl sites for hydroxylation is 2. The Hall–Kier alpha value is -0.770. The molecule has 1 aliphatic rings. The van der Waals surface area contributed by atoms with Gasteiger partial charge in [-0.15, -0.1) is 0 Å². The molecule has 0 aliphatic heterocycles. The predicted octanol–water partition coefficient (Wildman–Crippen LogP) is 3.98. The van der Waals surface area contributed by atoms with Crippen molar-refractivity contribution in [3.05, 3.63) is 22.6 Å². The van der Waals surface area contributed by atoms with Gasteiger partial charge in [0.25, 0.3) is 5.91 Å². The van der Waals surface area contributed by atoms with E-state index in [4.69, 9.17) is 4.42 Å². The second-order valence-electron chi connectivity index (χ2n) is 5.50. The molecule has 1 amide bonds. The van der Waals surface area contributed by atoms with Crippen LogP contribution in [0, 0.1) is 20.8 Å². The van der Waals surface area contributed by atoms with Crippen molar-refractivity contribution in [1.82, 2.24) is 4.90 Å². The molecule has 0 N–H and O–H groups in total. The fourth-order valence-corrected chi connectivity index (χ4v) is 3.88. The standard InChI is InChI=1S/C15H22BrNO2/c1-9-10(2)19-11(3)14(9)15(18)17(4)13-8-6-5-7-12(13)16/h12-13H,5-8H2,1-4H3. The molecule has 0 spiro atoms. The van der Waals surface area contributed by atoms with Crippen LogP contribution in [0.2, 0.25) is 0 Å². The van der Waals surface area contributed by atoms with E-state index in [9.17, 15) is 4.79 Å². The molecule has 2 unspecified atom stereocenters. The van der Waals surface area contributed by atoms with Gasteiger partial charge in [-0.3, -0.25) is 4.79 Å². The second-order valence-corrected chi connectivity index (χ2v) is 6.67. The van der Waals surface area contributed by atoms with Gasteiger partial charge in [0.2, 0.25) is 0 Å². The molecule has 106 valence electrons. The van der Waals surface area contributed by atoms with Gasteiger partial charge in [0, 0.05) is 23.5 Å². The maximum absolute atomic E-state index is 12.7. The van der Waals surface area contributed by atoms with Crippen LogP contribution in [0.15, 0.2) is 4.42 Å². The first-order chi connectivity index (χ1) is 8.93. The normalized spacial score (nSPS) is 23.4. The Morgan fingerprint density at radius 3 is 2.37 bits per heavy atom. The summed E-state index contributed by atoms with van der Waals surface area (Å²) in [4.78, 5) is 15.0. The molecule has 1 heterocycles. The number of furan rings is 1. The first-order valence-corrected chi connectivity index (χ1v) is 7.83. The van der Waals surface area contributed by atoms with Gasteiger partial charge in [0.15, 0.2) is 0 Å². The molecule has 0 saturated heterocycles. The van der Waals surface area contributed by atoms with E-state index in [2.05, 4.69) is 15.9 Å². The van der Waals surface area contributed by atoms with Gasteiger partial charge >= 0.3 is 0 Å². The Balaban J connectivity index is 2.23. The van der Waals surface area contributed by atoms with E-state index in [0.717, 1.165) is 35.5 Å². The third kappa shape index (κ3) is 2.73. The Morgan fingerprint density at radius 2 is 1.84 bits per heavy atom. The fourth-order valence-electron chi connectivity index (χ4n) is 2.94. The van der Waals surface area contributed by atoms with E-state index < -0.39 is 0 Å². The molecule has 3 nitrogen and oxygen atoms in total. The Labute approximate surface area is 123 Å². The molecule has 4 heteroatoms. The quantitative estimate of drug-likeness (QED) is 0.770. The van der Waals surface area contributed by atoms with E-state index >= 15 is 0 Å². The summed E-state index contributed by atoms with van der Waals surface area (Å²) in [6, 6.07) is 0.287. The average Bonchev–Trinajstić information content (AvgIpc) is 2.62. The number of alkyl halides is 1. The molecule has 2 atom stereocenters. The van der Waals surface area contributed by atoms with Gasteiger partial charge in [-0.25, -0.2) is 0 Å². The van der Waals surface area contributed by atoms with Gasteiger partial charge in [0.05, 0.1) is 5.56 Å². The average molecular weight is 328 g/mol. The fraction of sp³-hybridized carbons (Fsp3) is 0.667. The predicted molar refractivity (Wildman–Crippen MR) is 80.0 cm³/mol. The van der Waals surface area contributed by atoms with Crippen LogP contribution in [0.5, 0.6) is 0 Å². The number of hydrogen-bond donors (Lipinski definition) is 0. The van der Waals surface area contributed by atoms with Crippen LogP contribution in [-0.2, 0) is 0 Å². The smallest absolute Gasteiger partial charge is 0.257 e. The van der Waals surface area contributed by atoms with Crippen molar-refractivity contribution >= 4 is 21.8 Å². The number of rotatable bonds is 2. The van der Waals surface area contributed by atoms with Crippen molar-refractivity contribution in [3.8, 4) is 0 Å². The zero-order valence-electron chi connectivity index (χ0n) is 12.1. The molecule has 1 fully saturated rings. The largest absolute Gasteiger partial charge is 0.466 e. The second kappa shape index (κ2) is 5.70. The topological polar surface area (TPSA) is 33.5 Å². The van der Waals surface area contributed by atoms with Crippen LogP contribution in [0.1, 0.15) is 53.1 Å². The highest BCUT2D eigenvalue weighted by Crippen LogP contribution is 2.30. The van der Waals surface area contributed by atoms with Gasteiger partial charge in [-0.2, -0.15) is 0 Å². The van der Waals surface area contributed by atoms with Crippen LogP contribution in [0.25, 0.3) is 0 Å². The van der Waals surface area contributed by atoms with Crippen molar-refractivity contribution in [2.24, 2.45) is 0 Å². The summed E-state index contributed by atoms with van der Waals surface area (Å²) in [5.74, 6) is 1.66. The number of hydrogen-bond acceptors (Lipinski definition) is 2. The molecule has 0 aromatic carbocycles. The SMILES string of the molecule is Cc1oc(C)c(C(=O)N(C)C2CCCCC2Br)c1C. The number of carbonyl (C=O) groups excluding carboxylic acids is 1. The van der Waals surface area contributed by atoms with Crippen molar-refractivity contribution in [3.63, 3.8) is 0 Å². The number of carbonyl (C=O) groups is 1. The summed E-state index contributed by atoms with van der Waals surface area (Å²) >= 11 is 3.72. The third-order valence-corrected chi connectivity index (χ3v) is 5.31. The molecule has 19 heavy (non-hydrogen) atoms. The van der Waals surface area contributed by atoms with Gasteiger partial charge in [-0.05, 0) is 33.6 Å². The summed E-state index contributed by atoms with van der Waals surface area (Å²) in [5, 5.41) is 0. The molecule has 1 aromatic heterocycles. The highest BCUT2D eigenvalue weighted by atomic mass is 79.9. The molecule has 1 aromatic rings. The number of amides is 1. The number of nitrogens with zero attached hydrogens (tertiary/aromatic N) is 1. The zero-order chi connectivity index (χ0) is 14.2. The zero-order valence-corrected chi connectivity index (χ0v) is 13.7. The number of halogens is 1. The van der Waals surface area contributed by atoms with Gasteiger partial charge in [-0.1, -0.05) is 28.8 Å². The lowest BCUT2D eigenvalue weighted by Crippen LogP contribution is -2.44. The van der Waals surface area contributed by atoms with Crippen LogP contribution >= 0.6 is 15.9 Å². The van der Waals surface area contributed by atoms with E-state index in [-0.39, 0.29) is 11.9 Å². The molecule has 2 rings (SSSR count). The highest BCUT2D eigenvalue weighted by Gasteiger charge is 2.31. The summed E-state index contributed by atoms with van der Waals surface area (Å²) in [6.07, 6.45) is 4.67. The van der Waals surface area contributed by atoms with Crippen LogP contribution in [-0.4, -0.2) is 28.7 Å². The minimum atomic E-state index is 0.0863. The van der Waals surface area contributed by atoms with E-state index in [0.29, 0.717) is 4.83 Å². The van der Waals surface area contributed by atoms with Crippen LogP contribution in [0.4, 0.5) is 0 Å². The van der Waals surface area contributed by atoms with E-state index in [1.165, 1.54) is 12.8 Å². The first-order valence-electron chi connectivity index (χ1n) is 6.91. The van der Waals surface area contributed by atoms with E-state index in [1.54, 1.807) is 0 Å². The Bertz CT molecular complexity index is 481. The molecular formula is C15H22BrNO2. The van der Waals surface area contributed by atoms with Crippen LogP contribution < -0.4 is 0 Å². The first kappa shape index (κ1) is 14.6. The third-order valence-electron chi connectivity index (χ3n) is 4.24. The molecule has 0 radical (unpaired) electrons. The van der Waals surface area contributed by atoms with Crippen molar-refractivity contribution in [2.75, 3.05) is 7.05 Å². The summed E-state index contributed by atoms with van der Waals surface area (Å²) in [7, 11) is 1.91. The lowest BCUT2D eigenvalue weighted by molar-refractivity contribution is 0.0702. The lowest BCUT2D eigenvalue weighted by atomic mass is 9.93. The minimum Gasteiger partial charge on any atom is -0.466 e. The maximum Gasteiger partial charge on any atom is 0.257 e. The minimum absolute atomic E-state index is 0.0863. The van der Waals surface area contributed by atoms with E-state index in [1.807, 2.05) is 32.7 Å². The molecule has 0 bridgehead atoms. The highest BCUT2D eigenvalue weighted by molar-refractivity contribution is 9.09. The monoisotopic (exact) mass is 327 g/mol.